The number of nitrogens with zero attached hydrogens (tertiary/aromatic N) is 1. The van der Waals surface area contributed by atoms with Crippen LogP contribution in [0, 0.1) is 11.8 Å². The van der Waals surface area contributed by atoms with Crippen LogP contribution in [0.3, 0.4) is 0 Å². The lowest BCUT2D eigenvalue weighted by atomic mass is 10.1. The second-order valence-corrected chi connectivity index (χ2v) is 7.14. The molecule has 154 valence electrons. The number of anilines is 1. The average Bonchev–Trinajstić information content (AvgIpc) is 2.69. The Hall–Kier alpha value is -2.13. The zero-order valence-electron chi connectivity index (χ0n) is 16.2. The van der Waals surface area contributed by atoms with Crippen LogP contribution in [0.1, 0.15) is 37.0 Å². The predicted octanol–water partition coefficient (Wildman–Crippen LogP) is 5.81. The van der Waals surface area contributed by atoms with E-state index >= 15 is 0 Å². The predicted molar refractivity (Wildman–Crippen MR) is 115 cm³/mol. The Labute approximate surface area is 180 Å². The highest BCUT2D eigenvalue weighted by atomic mass is 35.5. The van der Waals surface area contributed by atoms with Gasteiger partial charge in [-0.2, -0.15) is 0 Å². The van der Waals surface area contributed by atoms with E-state index in [0.29, 0.717) is 16.3 Å². The van der Waals surface area contributed by atoms with Crippen LogP contribution >= 0.6 is 23.2 Å². The number of hydrogen-bond donors (Lipinski definition) is 1. The number of amides is 1. The highest BCUT2D eigenvalue weighted by Crippen LogP contribution is 2.24. The summed E-state index contributed by atoms with van der Waals surface area (Å²) in [6, 6.07) is 9.08. The maximum atomic E-state index is 12.6. The Morgan fingerprint density at radius 2 is 1.83 bits per heavy atom. The van der Waals surface area contributed by atoms with E-state index in [2.05, 4.69) is 35.9 Å². The number of likely N-dealkylation sites (N-methyl/N-ethyl adjacent to an activating group) is 1. The van der Waals surface area contributed by atoms with Gasteiger partial charge in [-0.05, 0) is 49.3 Å². The first-order chi connectivity index (χ1) is 13.8. The molecular formula is C22H22Cl2F2N2O. The van der Waals surface area contributed by atoms with Crippen LogP contribution in [0.25, 0.3) is 0 Å². The van der Waals surface area contributed by atoms with E-state index in [-0.39, 0.29) is 10.6 Å². The number of halogens is 4. The van der Waals surface area contributed by atoms with Gasteiger partial charge in [0.05, 0.1) is 5.02 Å². The summed E-state index contributed by atoms with van der Waals surface area (Å²) in [5.74, 6) is 4.45. The van der Waals surface area contributed by atoms with Gasteiger partial charge in [0, 0.05) is 34.3 Å². The Kier molecular flexibility index (Phi) is 8.91. The Balaban J connectivity index is 2.01. The van der Waals surface area contributed by atoms with Crippen molar-refractivity contribution in [2.45, 2.75) is 26.7 Å². The molecule has 7 heteroatoms. The highest BCUT2D eigenvalue weighted by molar-refractivity contribution is 6.32. The number of benzene rings is 2. The normalized spacial score (nSPS) is 10.8. The molecule has 0 saturated heterocycles. The van der Waals surface area contributed by atoms with Crippen LogP contribution in [0.5, 0.6) is 0 Å². The van der Waals surface area contributed by atoms with E-state index in [0.717, 1.165) is 37.7 Å². The lowest BCUT2D eigenvalue weighted by Gasteiger charge is -2.18. The summed E-state index contributed by atoms with van der Waals surface area (Å²) in [7, 11) is 0. The summed E-state index contributed by atoms with van der Waals surface area (Å²) in [5, 5.41) is 3.30. The number of hydrogen-bond acceptors (Lipinski definition) is 2. The number of nitrogens with one attached hydrogen (secondary N) is 1. The molecule has 0 heterocycles. The maximum absolute atomic E-state index is 12.6. The molecule has 0 aromatic heterocycles. The van der Waals surface area contributed by atoms with Gasteiger partial charge < -0.3 is 10.2 Å². The first-order valence-corrected chi connectivity index (χ1v) is 10.0. The smallest absolute Gasteiger partial charge is 0.300 e. The first-order valence-electron chi connectivity index (χ1n) is 9.25. The van der Waals surface area contributed by atoms with Gasteiger partial charge in [0.25, 0.3) is 6.43 Å². The van der Waals surface area contributed by atoms with Crippen molar-refractivity contribution in [3.63, 3.8) is 0 Å². The molecule has 29 heavy (non-hydrogen) atoms. The lowest BCUT2D eigenvalue weighted by molar-refractivity contribution is -0.111. The molecule has 0 aliphatic heterocycles. The largest absolute Gasteiger partial charge is 0.315 e. The standard InChI is InChI=1S/C22H22Cl2F2N2O/c1-3-28(4-2)12-11-16-7-9-18(14-20(16)24)27-21(29)10-8-15-5-6-17(22(25)26)13-19(15)23/h5-7,9,13-14,22H,3-4,11-12H2,1-2H3,(H,27,29). The van der Waals surface area contributed by atoms with Crippen LogP contribution in [-0.4, -0.2) is 30.4 Å². The Morgan fingerprint density at radius 1 is 1.10 bits per heavy atom. The van der Waals surface area contributed by atoms with Crippen LogP contribution in [0.2, 0.25) is 10.0 Å². The summed E-state index contributed by atoms with van der Waals surface area (Å²) in [6.07, 6.45) is -1.79. The third-order valence-corrected chi connectivity index (χ3v) is 5.12. The van der Waals surface area contributed by atoms with E-state index in [4.69, 9.17) is 23.2 Å². The minimum absolute atomic E-state index is 0.0729. The van der Waals surface area contributed by atoms with Crippen molar-refractivity contribution in [3.8, 4) is 11.8 Å². The summed E-state index contributed by atoms with van der Waals surface area (Å²) in [4.78, 5) is 14.4. The molecule has 3 nitrogen and oxygen atoms in total. The van der Waals surface area contributed by atoms with Crippen LogP contribution in [0.15, 0.2) is 36.4 Å². The zero-order valence-corrected chi connectivity index (χ0v) is 17.7. The van der Waals surface area contributed by atoms with Crippen molar-refractivity contribution in [2.75, 3.05) is 25.0 Å². The number of alkyl halides is 2. The van der Waals surface area contributed by atoms with Gasteiger partial charge in [-0.3, -0.25) is 4.79 Å². The molecule has 1 amide bonds. The fourth-order valence-corrected chi connectivity index (χ4v) is 3.21. The van der Waals surface area contributed by atoms with Crippen molar-refractivity contribution in [3.05, 3.63) is 63.1 Å². The Bertz CT molecular complexity index is 919. The molecule has 0 aliphatic rings. The third kappa shape index (κ3) is 7.01. The molecule has 0 aliphatic carbocycles. The fourth-order valence-electron chi connectivity index (χ4n) is 2.70. The number of carbonyl (C=O) groups excluding carboxylic acids is 1. The number of carbonyl (C=O) groups is 1. The molecule has 2 aromatic rings. The van der Waals surface area contributed by atoms with Crippen LogP contribution in [0.4, 0.5) is 14.5 Å². The number of rotatable bonds is 7. The van der Waals surface area contributed by atoms with Crippen molar-refractivity contribution in [1.29, 1.82) is 0 Å². The minimum atomic E-state index is -2.61. The zero-order chi connectivity index (χ0) is 21.4. The summed E-state index contributed by atoms with van der Waals surface area (Å²) in [5.41, 5.74) is 1.64. The van der Waals surface area contributed by atoms with Gasteiger partial charge >= 0.3 is 5.91 Å². The van der Waals surface area contributed by atoms with Gasteiger partial charge in [-0.15, -0.1) is 0 Å². The Morgan fingerprint density at radius 3 is 2.41 bits per heavy atom. The summed E-state index contributed by atoms with van der Waals surface area (Å²) in [6.45, 7) is 7.11. The molecule has 0 spiro atoms. The van der Waals surface area contributed by atoms with Crippen molar-refractivity contribution in [2.24, 2.45) is 0 Å². The van der Waals surface area contributed by atoms with E-state index in [9.17, 15) is 13.6 Å². The van der Waals surface area contributed by atoms with E-state index in [1.807, 2.05) is 6.07 Å². The first kappa shape index (κ1) is 23.2. The van der Waals surface area contributed by atoms with Gasteiger partial charge in [0.1, 0.15) is 0 Å². The molecule has 2 aromatic carbocycles. The SMILES string of the molecule is CCN(CC)CCc1ccc(NC(=O)C#Cc2ccc(C(F)F)cc2Cl)cc1Cl. The molecule has 0 radical (unpaired) electrons. The molecule has 0 atom stereocenters. The van der Waals surface area contributed by atoms with Gasteiger partial charge in [0.2, 0.25) is 0 Å². The van der Waals surface area contributed by atoms with Crippen LogP contribution < -0.4 is 5.32 Å². The second kappa shape index (κ2) is 11.2. The summed E-state index contributed by atoms with van der Waals surface area (Å²) < 4.78 is 25.3. The third-order valence-electron chi connectivity index (χ3n) is 4.46. The van der Waals surface area contributed by atoms with E-state index in [1.165, 1.54) is 12.1 Å². The fraction of sp³-hybridized carbons (Fsp3) is 0.318. The lowest BCUT2D eigenvalue weighted by Crippen LogP contribution is -2.25. The van der Waals surface area contributed by atoms with Crippen LogP contribution in [-0.2, 0) is 11.2 Å². The van der Waals surface area contributed by atoms with Gasteiger partial charge in [-0.1, -0.05) is 55.1 Å². The molecule has 1 N–H and O–H groups in total. The molecule has 0 unspecified atom stereocenters. The maximum Gasteiger partial charge on any atom is 0.300 e. The molecule has 0 bridgehead atoms. The van der Waals surface area contributed by atoms with E-state index < -0.39 is 12.3 Å². The van der Waals surface area contributed by atoms with Crippen molar-refractivity contribution >= 4 is 34.8 Å². The monoisotopic (exact) mass is 438 g/mol. The minimum Gasteiger partial charge on any atom is -0.315 e. The molecular weight excluding hydrogens is 417 g/mol. The topological polar surface area (TPSA) is 32.3 Å². The quantitative estimate of drug-likeness (QED) is 0.553. The molecule has 0 saturated carbocycles. The molecule has 0 fully saturated rings. The van der Waals surface area contributed by atoms with Gasteiger partial charge in [0.15, 0.2) is 0 Å². The van der Waals surface area contributed by atoms with E-state index in [1.54, 1.807) is 12.1 Å². The van der Waals surface area contributed by atoms with Gasteiger partial charge in [-0.25, -0.2) is 8.78 Å². The average molecular weight is 439 g/mol. The molecule has 2 rings (SSSR count). The second-order valence-electron chi connectivity index (χ2n) is 6.33. The van der Waals surface area contributed by atoms with Crippen molar-refractivity contribution in [1.82, 2.24) is 4.90 Å². The van der Waals surface area contributed by atoms with Crippen molar-refractivity contribution < 1.29 is 13.6 Å². The summed E-state index contributed by atoms with van der Waals surface area (Å²) >= 11 is 12.3. The highest BCUT2D eigenvalue weighted by Gasteiger charge is 2.09.